The van der Waals surface area contributed by atoms with E-state index in [4.69, 9.17) is 5.41 Å². The van der Waals surface area contributed by atoms with Gasteiger partial charge in [-0.2, -0.15) is 0 Å². The predicted octanol–water partition coefficient (Wildman–Crippen LogP) is 1.98. The molecule has 1 aromatic carbocycles. The summed E-state index contributed by atoms with van der Waals surface area (Å²) < 4.78 is 0. The minimum absolute atomic E-state index is 0.194. The van der Waals surface area contributed by atoms with Crippen molar-refractivity contribution < 1.29 is 4.79 Å². The number of rotatable bonds is 5. The zero-order valence-electron chi connectivity index (χ0n) is 13.5. The second-order valence-electron chi connectivity index (χ2n) is 5.43. The van der Waals surface area contributed by atoms with E-state index < -0.39 is 0 Å². The van der Waals surface area contributed by atoms with Crippen molar-refractivity contribution in [2.24, 2.45) is 0 Å². The molecule has 4 N–H and O–H groups in total. The summed E-state index contributed by atoms with van der Waals surface area (Å²) in [6.07, 6.45) is 2.83. The molecule has 1 aliphatic rings. The first-order valence-electron chi connectivity index (χ1n) is 7.53. The van der Waals surface area contributed by atoms with Gasteiger partial charge in [0.25, 0.3) is 5.91 Å². The molecule has 2 aromatic rings. The number of benzene rings is 1. The molecule has 24 heavy (non-hydrogen) atoms. The van der Waals surface area contributed by atoms with Crippen LogP contribution in [-0.4, -0.2) is 29.1 Å². The molecule has 0 fully saturated rings. The van der Waals surface area contributed by atoms with Gasteiger partial charge in [0.15, 0.2) is 5.82 Å². The maximum absolute atomic E-state index is 12.1. The molecule has 0 spiro atoms. The topological polar surface area (TPSA) is 103 Å². The van der Waals surface area contributed by atoms with Crippen LogP contribution in [-0.2, 0) is 6.54 Å². The van der Waals surface area contributed by atoms with Gasteiger partial charge in [0.1, 0.15) is 11.4 Å². The quantitative estimate of drug-likeness (QED) is 0.630. The van der Waals surface area contributed by atoms with Gasteiger partial charge < -0.3 is 21.4 Å². The minimum Gasteiger partial charge on any atom is -0.393 e. The van der Waals surface area contributed by atoms with Crippen molar-refractivity contribution in [2.75, 3.05) is 12.4 Å². The van der Waals surface area contributed by atoms with Crippen LogP contribution >= 0.6 is 0 Å². The summed E-state index contributed by atoms with van der Waals surface area (Å²) in [5, 5.41) is 16.4. The average molecular weight is 322 g/mol. The number of carbonyl (C=O) groups excluding carboxylic acids is 1. The number of nitrogens with zero attached hydrogens (tertiary/aromatic N) is 2. The molecule has 1 aromatic heterocycles. The summed E-state index contributed by atoms with van der Waals surface area (Å²) in [7, 11) is 1.74. The van der Waals surface area contributed by atoms with E-state index >= 15 is 0 Å². The Labute approximate surface area is 139 Å². The second-order valence-corrected chi connectivity index (χ2v) is 5.43. The SMILES string of the molecule is CN/C=C(\C=N)c1nc2c(c(Nc3cccc(C)c3)n1)C(=O)NC2. The number of carbonyl (C=O) groups is 1. The third-order valence-corrected chi connectivity index (χ3v) is 3.62. The van der Waals surface area contributed by atoms with Crippen molar-refractivity contribution in [3.05, 3.63) is 53.1 Å². The zero-order chi connectivity index (χ0) is 17.1. The monoisotopic (exact) mass is 322 g/mol. The van der Waals surface area contributed by atoms with Crippen LogP contribution in [0.3, 0.4) is 0 Å². The lowest BCUT2D eigenvalue weighted by Crippen LogP contribution is -2.14. The van der Waals surface area contributed by atoms with E-state index in [2.05, 4.69) is 25.9 Å². The molecule has 3 rings (SSSR count). The molecule has 122 valence electrons. The van der Waals surface area contributed by atoms with Crippen molar-refractivity contribution in [3.63, 3.8) is 0 Å². The van der Waals surface area contributed by atoms with Gasteiger partial charge in [-0.1, -0.05) is 12.1 Å². The van der Waals surface area contributed by atoms with Crippen molar-refractivity contribution in [1.82, 2.24) is 20.6 Å². The van der Waals surface area contributed by atoms with Gasteiger partial charge in [0, 0.05) is 25.1 Å². The van der Waals surface area contributed by atoms with Crippen LogP contribution in [0.1, 0.15) is 27.4 Å². The standard InChI is InChI=1S/C17H18N6O/c1-10-4-3-5-12(6-10)21-16-14-13(9-20-17(14)24)22-15(23-16)11(7-18)8-19-2/h3-8,18-19H,9H2,1-2H3,(H,20,24)(H,21,22,23)/b11-8+,18-7?. The van der Waals surface area contributed by atoms with E-state index in [9.17, 15) is 4.79 Å². The van der Waals surface area contributed by atoms with Gasteiger partial charge in [-0.05, 0) is 24.6 Å². The Hall–Kier alpha value is -3.22. The van der Waals surface area contributed by atoms with Crippen molar-refractivity contribution >= 4 is 29.2 Å². The number of hydrogen-bond acceptors (Lipinski definition) is 6. The summed E-state index contributed by atoms with van der Waals surface area (Å²) >= 11 is 0. The fourth-order valence-electron chi connectivity index (χ4n) is 2.53. The maximum atomic E-state index is 12.1. The van der Waals surface area contributed by atoms with Crippen LogP contribution in [0.4, 0.5) is 11.5 Å². The molecule has 7 nitrogen and oxygen atoms in total. The molecule has 0 saturated carbocycles. The molecule has 2 heterocycles. The van der Waals surface area contributed by atoms with Crippen molar-refractivity contribution in [2.45, 2.75) is 13.5 Å². The van der Waals surface area contributed by atoms with E-state index in [0.29, 0.717) is 35.0 Å². The lowest BCUT2D eigenvalue weighted by molar-refractivity contribution is 0.0966. The van der Waals surface area contributed by atoms with E-state index in [0.717, 1.165) is 11.3 Å². The molecule has 1 amide bonds. The lowest BCUT2D eigenvalue weighted by Gasteiger charge is -2.11. The Balaban J connectivity index is 2.09. The van der Waals surface area contributed by atoms with E-state index in [1.165, 1.54) is 6.21 Å². The maximum Gasteiger partial charge on any atom is 0.257 e. The highest BCUT2D eigenvalue weighted by molar-refractivity contribution is 6.08. The summed E-state index contributed by atoms with van der Waals surface area (Å²) in [6, 6.07) is 7.82. The van der Waals surface area contributed by atoms with Crippen molar-refractivity contribution in [3.8, 4) is 0 Å². The first-order valence-corrected chi connectivity index (χ1v) is 7.53. The summed E-state index contributed by atoms with van der Waals surface area (Å²) in [4.78, 5) is 21.0. The predicted molar refractivity (Wildman–Crippen MR) is 93.5 cm³/mol. The molecular weight excluding hydrogens is 304 g/mol. The first-order chi connectivity index (χ1) is 11.6. The van der Waals surface area contributed by atoms with Crippen molar-refractivity contribution in [1.29, 1.82) is 5.41 Å². The Kier molecular flexibility index (Phi) is 4.24. The molecule has 0 bridgehead atoms. The smallest absolute Gasteiger partial charge is 0.257 e. The fourth-order valence-corrected chi connectivity index (χ4v) is 2.53. The fraction of sp³-hybridized carbons (Fsp3) is 0.176. The van der Waals surface area contributed by atoms with E-state index in [1.54, 1.807) is 13.2 Å². The lowest BCUT2D eigenvalue weighted by atomic mass is 10.2. The highest BCUT2D eigenvalue weighted by Crippen LogP contribution is 2.26. The van der Waals surface area contributed by atoms with Crippen LogP contribution in [0.15, 0.2) is 30.5 Å². The number of fused-ring (bicyclic) bond motifs is 1. The minimum atomic E-state index is -0.194. The van der Waals surface area contributed by atoms with Crippen LogP contribution in [0.5, 0.6) is 0 Å². The van der Waals surface area contributed by atoms with Gasteiger partial charge in [0.2, 0.25) is 0 Å². The number of nitrogens with one attached hydrogen (secondary N) is 4. The molecule has 0 radical (unpaired) electrons. The molecule has 0 aliphatic carbocycles. The number of amides is 1. The normalized spacial score (nSPS) is 13.2. The highest BCUT2D eigenvalue weighted by Gasteiger charge is 2.27. The Bertz CT molecular complexity index is 843. The summed E-state index contributed by atoms with van der Waals surface area (Å²) in [5.41, 5.74) is 3.56. The molecular formula is C17H18N6O. The van der Waals surface area contributed by atoms with Gasteiger partial charge in [-0.15, -0.1) is 0 Å². The van der Waals surface area contributed by atoms with Gasteiger partial charge in [-0.25, -0.2) is 9.97 Å². The van der Waals surface area contributed by atoms with Gasteiger partial charge >= 0.3 is 0 Å². The Morgan fingerprint density at radius 1 is 1.38 bits per heavy atom. The van der Waals surface area contributed by atoms with E-state index in [1.807, 2.05) is 31.2 Å². The van der Waals surface area contributed by atoms with Crippen LogP contribution in [0.25, 0.3) is 5.57 Å². The second kappa shape index (κ2) is 6.49. The van der Waals surface area contributed by atoms with E-state index in [-0.39, 0.29) is 5.91 Å². The zero-order valence-corrected chi connectivity index (χ0v) is 13.5. The third-order valence-electron chi connectivity index (χ3n) is 3.62. The number of aromatic nitrogens is 2. The third kappa shape index (κ3) is 2.96. The molecule has 1 aliphatic heterocycles. The summed E-state index contributed by atoms with van der Waals surface area (Å²) in [5.74, 6) is 0.643. The average Bonchev–Trinajstić information content (AvgIpc) is 2.94. The highest BCUT2D eigenvalue weighted by atomic mass is 16.2. The van der Waals surface area contributed by atoms with Crippen LogP contribution in [0, 0.1) is 12.3 Å². The molecule has 0 atom stereocenters. The number of anilines is 2. The number of allylic oxidation sites excluding steroid dienone is 1. The first kappa shape index (κ1) is 15.7. The van der Waals surface area contributed by atoms with Gasteiger partial charge in [0.05, 0.1) is 17.8 Å². The largest absolute Gasteiger partial charge is 0.393 e. The summed E-state index contributed by atoms with van der Waals surface area (Å²) in [6.45, 7) is 2.35. The van der Waals surface area contributed by atoms with Crippen LogP contribution < -0.4 is 16.0 Å². The number of aryl methyl sites for hydroxylation is 1. The van der Waals surface area contributed by atoms with Crippen LogP contribution in [0.2, 0.25) is 0 Å². The van der Waals surface area contributed by atoms with Gasteiger partial charge in [-0.3, -0.25) is 4.79 Å². The molecule has 0 unspecified atom stereocenters. The Morgan fingerprint density at radius 3 is 2.92 bits per heavy atom. The number of hydrogen-bond donors (Lipinski definition) is 4. The Morgan fingerprint density at radius 2 is 2.21 bits per heavy atom. The molecule has 7 heteroatoms. The molecule has 0 saturated heterocycles.